The molecule has 0 spiro atoms. The Morgan fingerprint density at radius 2 is 2.12 bits per heavy atom. The zero-order valence-corrected chi connectivity index (χ0v) is 5.43. The fraction of sp³-hybridized carbons (Fsp3) is 0.714. The van der Waals surface area contributed by atoms with Gasteiger partial charge in [-0.05, 0) is 24.7 Å². The van der Waals surface area contributed by atoms with Crippen molar-refractivity contribution in [2.75, 3.05) is 0 Å². The lowest BCUT2D eigenvalue weighted by molar-refractivity contribution is 0.253. The van der Waals surface area contributed by atoms with Crippen molar-refractivity contribution in [3.63, 3.8) is 0 Å². The minimum atomic E-state index is 0.369. The molecule has 2 aliphatic carbocycles. The minimum Gasteiger partial charge on any atom is -0.118 e. The van der Waals surface area contributed by atoms with Crippen LogP contribution in [0, 0.1) is 11.8 Å². The average Bonchev–Trinajstić information content (AvgIpc) is 1.80. The molecule has 0 heterocycles. The van der Waals surface area contributed by atoms with Crippen LogP contribution in [-0.4, -0.2) is 5.38 Å². The minimum absolute atomic E-state index is 0.369. The predicted molar refractivity (Wildman–Crippen MR) is 35.0 cm³/mol. The molecule has 1 heteroatoms. The molecule has 3 atom stereocenters. The van der Waals surface area contributed by atoms with E-state index >= 15 is 0 Å². The molecule has 44 valence electrons. The highest BCUT2D eigenvalue weighted by atomic mass is 35.5. The molecule has 0 aromatic heterocycles. The number of alkyl halides is 1. The summed E-state index contributed by atoms with van der Waals surface area (Å²) in [5.41, 5.74) is 0. The molecular weight excluding hydrogens is 120 g/mol. The van der Waals surface area contributed by atoms with Crippen molar-refractivity contribution in [1.29, 1.82) is 0 Å². The molecule has 0 aliphatic heterocycles. The third-order valence-electron chi connectivity index (χ3n) is 2.33. The number of hydrogen-bond acceptors (Lipinski definition) is 0. The van der Waals surface area contributed by atoms with E-state index in [1.165, 1.54) is 12.8 Å². The first kappa shape index (κ1) is 4.87. The Morgan fingerprint density at radius 3 is 2.38 bits per heavy atom. The Balaban J connectivity index is 2.14. The smallest absolute Gasteiger partial charge is 0.0549 e. The number of fused-ring (bicyclic) bond motifs is 1. The molecule has 2 rings (SSSR count). The molecule has 2 aliphatic rings. The van der Waals surface area contributed by atoms with E-state index in [0.717, 1.165) is 11.8 Å². The van der Waals surface area contributed by atoms with Crippen LogP contribution in [0.5, 0.6) is 0 Å². The summed E-state index contributed by atoms with van der Waals surface area (Å²) in [6, 6.07) is 0. The molecule has 1 fully saturated rings. The van der Waals surface area contributed by atoms with E-state index in [4.69, 9.17) is 11.6 Å². The van der Waals surface area contributed by atoms with Gasteiger partial charge in [-0.3, -0.25) is 0 Å². The van der Waals surface area contributed by atoms with E-state index < -0.39 is 0 Å². The van der Waals surface area contributed by atoms with Gasteiger partial charge in [0.25, 0.3) is 0 Å². The van der Waals surface area contributed by atoms with Crippen molar-refractivity contribution in [2.24, 2.45) is 11.8 Å². The van der Waals surface area contributed by atoms with Crippen molar-refractivity contribution in [2.45, 2.75) is 18.2 Å². The van der Waals surface area contributed by atoms with Gasteiger partial charge >= 0.3 is 0 Å². The van der Waals surface area contributed by atoms with Crippen LogP contribution in [0.15, 0.2) is 12.2 Å². The van der Waals surface area contributed by atoms with Gasteiger partial charge in [0.15, 0.2) is 0 Å². The van der Waals surface area contributed by atoms with Gasteiger partial charge in [-0.25, -0.2) is 0 Å². The van der Waals surface area contributed by atoms with Gasteiger partial charge < -0.3 is 0 Å². The van der Waals surface area contributed by atoms with E-state index in [1.807, 2.05) is 0 Å². The van der Waals surface area contributed by atoms with Crippen LogP contribution in [0.2, 0.25) is 0 Å². The van der Waals surface area contributed by atoms with Crippen LogP contribution in [0.4, 0.5) is 0 Å². The highest BCUT2D eigenvalue weighted by molar-refractivity contribution is 6.22. The fourth-order valence-corrected chi connectivity index (χ4v) is 1.97. The van der Waals surface area contributed by atoms with Gasteiger partial charge in [0.05, 0.1) is 5.38 Å². The van der Waals surface area contributed by atoms with Gasteiger partial charge in [-0.2, -0.15) is 0 Å². The maximum atomic E-state index is 5.92. The highest BCUT2D eigenvalue weighted by Crippen LogP contribution is 2.44. The summed E-state index contributed by atoms with van der Waals surface area (Å²) < 4.78 is 0. The topological polar surface area (TPSA) is 0 Å². The first-order valence-electron chi connectivity index (χ1n) is 3.20. The van der Waals surface area contributed by atoms with E-state index in [1.54, 1.807) is 0 Å². The zero-order chi connectivity index (χ0) is 5.56. The normalized spacial score (nSPS) is 50.9. The molecule has 0 N–H and O–H groups in total. The molecule has 0 aromatic carbocycles. The fourth-order valence-electron chi connectivity index (χ4n) is 1.58. The van der Waals surface area contributed by atoms with Crippen molar-refractivity contribution in [3.8, 4) is 0 Å². The average molecular weight is 129 g/mol. The number of halogens is 1. The summed E-state index contributed by atoms with van der Waals surface area (Å²) in [6.07, 6.45) is 7.14. The van der Waals surface area contributed by atoms with E-state index in [2.05, 4.69) is 12.2 Å². The van der Waals surface area contributed by atoms with Crippen molar-refractivity contribution >= 4 is 11.6 Å². The Labute approximate surface area is 54.5 Å². The second-order valence-corrected chi connectivity index (χ2v) is 3.24. The largest absolute Gasteiger partial charge is 0.118 e. The second-order valence-electron chi connectivity index (χ2n) is 2.73. The maximum Gasteiger partial charge on any atom is 0.0549 e. The molecule has 0 saturated heterocycles. The molecule has 1 saturated carbocycles. The van der Waals surface area contributed by atoms with Crippen molar-refractivity contribution < 1.29 is 0 Å². The molecular formula is C7H9Cl. The SMILES string of the molecule is ClC1C=CC2CCC12. The summed E-state index contributed by atoms with van der Waals surface area (Å²) >= 11 is 5.92. The Hall–Kier alpha value is 0.0300. The molecule has 0 nitrogen and oxygen atoms in total. The van der Waals surface area contributed by atoms with Gasteiger partial charge in [-0.1, -0.05) is 12.2 Å². The highest BCUT2D eigenvalue weighted by Gasteiger charge is 2.36. The van der Waals surface area contributed by atoms with Crippen LogP contribution < -0.4 is 0 Å². The lowest BCUT2D eigenvalue weighted by Gasteiger charge is -2.31. The maximum absolute atomic E-state index is 5.92. The first-order valence-corrected chi connectivity index (χ1v) is 3.64. The summed E-state index contributed by atoms with van der Waals surface area (Å²) in [5, 5.41) is 0.369. The second kappa shape index (κ2) is 1.51. The predicted octanol–water partition coefficient (Wildman–Crippen LogP) is 2.19. The van der Waals surface area contributed by atoms with E-state index in [9.17, 15) is 0 Å². The Morgan fingerprint density at radius 1 is 1.25 bits per heavy atom. The van der Waals surface area contributed by atoms with Crippen molar-refractivity contribution in [3.05, 3.63) is 12.2 Å². The van der Waals surface area contributed by atoms with Crippen LogP contribution >= 0.6 is 11.6 Å². The molecule has 0 bridgehead atoms. The molecule has 8 heavy (non-hydrogen) atoms. The molecule has 3 unspecified atom stereocenters. The summed E-state index contributed by atoms with van der Waals surface area (Å²) in [5.74, 6) is 1.68. The van der Waals surface area contributed by atoms with Gasteiger partial charge in [0.1, 0.15) is 0 Å². The van der Waals surface area contributed by atoms with Crippen LogP contribution in [-0.2, 0) is 0 Å². The van der Waals surface area contributed by atoms with Crippen LogP contribution in [0.1, 0.15) is 12.8 Å². The lowest BCUT2D eigenvalue weighted by Crippen LogP contribution is -2.25. The number of allylic oxidation sites excluding steroid dienone is 2. The van der Waals surface area contributed by atoms with Crippen LogP contribution in [0.25, 0.3) is 0 Å². The van der Waals surface area contributed by atoms with E-state index in [-0.39, 0.29) is 0 Å². The first-order chi connectivity index (χ1) is 3.88. The zero-order valence-electron chi connectivity index (χ0n) is 4.68. The van der Waals surface area contributed by atoms with Crippen molar-refractivity contribution in [1.82, 2.24) is 0 Å². The third kappa shape index (κ3) is 0.469. The van der Waals surface area contributed by atoms with E-state index in [0.29, 0.717) is 5.38 Å². The summed E-state index contributed by atoms with van der Waals surface area (Å²) in [6.45, 7) is 0. The number of hydrogen-bond donors (Lipinski definition) is 0. The monoisotopic (exact) mass is 128 g/mol. The third-order valence-corrected chi connectivity index (χ3v) is 2.80. The summed E-state index contributed by atoms with van der Waals surface area (Å²) in [7, 11) is 0. The Kier molecular flexibility index (Phi) is 0.916. The Bertz CT molecular complexity index is 120. The number of rotatable bonds is 0. The lowest BCUT2D eigenvalue weighted by atomic mass is 9.76. The molecule has 0 radical (unpaired) electrons. The quantitative estimate of drug-likeness (QED) is 0.347. The van der Waals surface area contributed by atoms with Gasteiger partial charge in [0.2, 0.25) is 0 Å². The van der Waals surface area contributed by atoms with Gasteiger partial charge in [0, 0.05) is 0 Å². The molecule has 0 amide bonds. The summed E-state index contributed by atoms with van der Waals surface area (Å²) in [4.78, 5) is 0. The standard InChI is InChI=1S/C7H9Cl/c8-7-4-2-5-1-3-6(5)7/h2,4-7H,1,3H2. The molecule has 0 aromatic rings. The van der Waals surface area contributed by atoms with Gasteiger partial charge in [-0.15, -0.1) is 11.6 Å². The van der Waals surface area contributed by atoms with Crippen LogP contribution in [0.3, 0.4) is 0 Å².